The van der Waals surface area contributed by atoms with Crippen LogP contribution in [-0.4, -0.2) is 27.1 Å². The minimum absolute atomic E-state index is 0.136. The summed E-state index contributed by atoms with van der Waals surface area (Å²) in [4.78, 5) is 15.3. The summed E-state index contributed by atoms with van der Waals surface area (Å²) >= 11 is 0. The summed E-state index contributed by atoms with van der Waals surface area (Å²) in [5.74, 6) is 1.12. The van der Waals surface area contributed by atoms with Crippen LogP contribution in [0.1, 0.15) is 45.8 Å². The van der Waals surface area contributed by atoms with Crippen molar-refractivity contribution in [3.8, 4) is 5.75 Å². The first-order valence-electron chi connectivity index (χ1n) is 10.5. The first-order valence-corrected chi connectivity index (χ1v) is 12.0. The molecule has 0 spiro atoms. The smallest absolute Gasteiger partial charge is 0.291 e. The largest absolute Gasteiger partial charge is 0.497 e. The highest BCUT2D eigenvalue weighted by molar-refractivity contribution is 7.89. The highest BCUT2D eigenvalue weighted by Gasteiger charge is 2.28. The Bertz CT molecular complexity index is 1310. The van der Waals surface area contributed by atoms with Crippen LogP contribution in [0.4, 0.5) is 5.69 Å². The molecule has 0 radical (unpaired) electrons. The van der Waals surface area contributed by atoms with E-state index in [9.17, 15) is 13.2 Å². The number of hydrazone groups is 1. The lowest BCUT2D eigenvalue weighted by Gasteiger charge is -2.14. The maximum atomic E-state index is 12.9. The molecule has 2 N–H and O–H groups in total. The van der Waals surface area contributed by atoms with Gasteiger partial charge < -0.3 is 14.5 Å². The molecule has 0 saturated carbocycles. The number of anilines is 1. The van der Waals surface area contributed by atoms with Gasteiger partial charge in [0.2, 0.25) is 0 Å². The predicted octanol–water partition coefficient (Wildman–Crippen LogP) is 4.18. The Hall–Kier alpha value is -3.59. The summed E-state index contributed by atoms with van der Waals surface area (Å²) in [7, 11) is -2.23. The van der Waals surface area contributed by atoms with Gasteiger partial charge in [0.25, 0.3) is 15.9 Å². The van der Waals surface area contributed by atoms with Crippen LogP contribution in [0.3, 0.4) is 0 Å². The first-order chi connectivity index (χ1) is 15.8. The lowest BCUT2D eigenvalue weighted by molar-refractivity contribution is 0.0994. The molecule has 8 nitrogen and oxygen atoms in total. The van der Waals surface area contributed by atoms with E-state index in [-0.39, 0.29) is 16.6 Å². The quantitative estimate of drug-likeness (QED) is 0.529. The van der Waals surface area contributed by atoms with Gasteiger partial charge in [-0.3, -0.25) is 4.79 Å². The van der Waals surface area contributed by atoms with E-state index in [2.05, 4.69) is 15.2 Å². The molecular weight excluding hydrogens is 442 g/mol. The van der Waals surface area contributed by atoms with Crippen molar-refractivity contribution in [1.29, 1.82) is 0 Å². The lowest BCUT2D eigenvalue weighted by atomic mass is 9.93. The van der Waals surface area contributed by atoms with E-state index >= 15 is 0 Å². The number of nitrogens with zero attached hydrogens (tertiary/aromatic N) is 1. The molecule has 4 rings (SSSR count). The molecule has 33 heavy (non-hydrogen) atoms. The van der Waals surface area contributed by atoms with Gasteiger partial charge in [-0.1, -0.05) is 17.7 Å². The minimum Gasteiger partial charge on any atom is -0.497 e. The summed E-state index contributed by atoms with van der Waals surface area (Å²) in [5.41, 5.74) is 3.44. The number of rotatable bonds is 6. The molecule has 0 bridgehead atoms. The van der Waals surface area contributed by atoms with E-state index in [1.165, 1.54) is 12.1 Å². The third kappa shape index (κ3) is 4.78. The highest BCUT2D eigenvalue weighted by Crippen LogP contribution is 2.30. The maximum absolute atomic E-state index is 12.9. The molecule has 1 heterocycles. The number of methoxy groups -OCH3 is 1. The monoisotopic (exact) mass is 467 g/mol. The third-order valence-corrected chi connectivity index (χ3v) is 6.74. The molecule has 1 aliphatic rings. The number of sulfonamides is 1. The number of nitrogens with one attached hydrogen (secondary N) is 2. The van der Waals surface area contributed by atoms with Crippen LogP contribution in [0.15, 0.2) is 62.9 Å². The van der Waals surface area contributed by atoms with Gasteiger partial charge in [-0.2, -0.15) is 18.4 Å². The average molecular weight is 468 g/mol. The molecule has 0 fully saturated rings. The Morgan fingerprint density at radius 3 is 2.39 bits per heavy atom. The zero-order valence-corrected chi connectivity index (χ0v) is 19.5. The topological polar surface area (TPSA) is 110 Å². The van der Waals surface area contributed by atoms with Gasteiger partial charge in [0.15, 0.2) is 5.76 Å². The molecule has 0 atom stereocenters. The number of furan rings is 1. The van der Waals surface area contributed by atoms with Crippen LogP contribution in [0.5, 0.6) is 5.75 Å². The third-order valence-electron chi connectivity index (χ3n) is 5.51. The number of aryl methyl sites for hydroxylation is 2. The van der Waals surface area contributed by atoms with Gasteiger partial charge in [-0.25, -0.2) is 0 Å². The number of hydrogen-bond donors (Lipinski definition) is 2. The normalized spacial score (nSPS) is 14.6. The van der Waals surface area contributed by atoms with Crippen molar-refractivity contribution >= 4 is 27.3 Å². The number of fused-ring (bicyclic) bond motifs is 1. The fourth-order valence-electron chi connectivity index (χ4n) is 3.74. The molecule has 1 aromatic heterocycles. The van der Waals surface area contributed by atoms with Crippen molar-refractivity contribution in [2.75, 3.05) is 12.4 Å². The number of carbonyl (C=O) groups is 1. The fourth-order valence-corrected chi connectivity index (χ4v) is 4.57. The Morgan fingerprint density at radius 2 is 1.73 bits per heavy atom. The molecule has 172 valence electrons. The second-order valence-electron chi connectivity index (χ2n) is 7.86. The van der Waals surface area contributed by atoms with E-state index in [0.29, 0.717) is 46.9 Å². The summed E-state index contributed by atoms with van der Waals surface area (Å²) in [6.07, 6.45) is 1.96. The van der Waals surface area contributed by atoms with E-state index in [1.807, 2.05) is 6.92 Å². The molecule has 1 aliphatic carbocycles. The maximum Gasteiger partial charge on any atom is 0.291 e. The number of carbonyl (C=O) groups excluding carboxylic acids is 1. The zero-order valence-electron chi connectivity index (χ0n) is 18.6. The Labute approximate surface area is 192 Å². The van der Waals surface area contributed by atoms with Gasteiger partial charge in [0, 0.05) is 23.2 Å². The van der Waals surface area contributed by atoms with Gasteiger partial charge in [0.05, 0.1) is 17.7 Å². The van der Waals surface area contributed by atoms with E-state index in [0.717, 1.165) is 12.0 Å². The summed E-state index contributed by atoms with van der Waals surface area (Å²) in [6.45, 7) is 3.66. The first kappa shape index (κ1) is 22.6. The summed E-state index contributed by atoms with van der Waals surface area (Å²) in [5, 5.41) is 7.02. The molecule has 0 saturated heterocycles. The van der Waals surface area contributed by atoms with E-state index in [4.69, 9.17) is 9.15 Å². The van der Waals surface area contributed by atoms with Crippen LogP contribution >= 0.6 is 0 Å². The summed E-state index contributed by atoms with van der Waals surface area (Å²) in [6, 6.07) is 13.5. The van der Waals surface area contributed by atoms with E-state index < -0.39 is 10.0 Å². The van der Waals surface area contributed by atoms with Gasteiger partial charge in [-0.05, 0) is 63.1 Å². The van der Waals surface area contributed by atoms with Gasteiger partial charge in [0.1, 0.15) is 11.5 Å². The second kappa shape index (κ2) is 9.11. The van der Waals surface area contributed by atoms with E-state index in [1.54, 1.807) is 50.4 Å². The molecule has 2 aromatic carbocycles. The highest BCUT2D eigenvalue weighted by atomic mass is 32.2. The van der Waals surface area contributed by atoms with Crippen LogP contribution in [0, 0.1) is 13.8 Å². The van der Waals surface area contributed by atoms with Crippen molar-refractivity contribution in [2.24, 2.45) is 5.10 Å². The molecule has 9 heteroatoms. The molecule has 1 amide bonds. The molecule has 0 aliphatic heterocycles. The van der Waals surface area contributed by atoms with Crippen molar-refractivity contribution < 1.29 is 22.4 Å². The Morgan fingerprint density at radius 1 is 1.03 bits per heavy atom. The van der Waals surface area contributed by atoms with Crippen LogP contribution in [-0.2, 0) is 16.4 Å². The van der Waals surface area contributed by atoms with Crippen molar-refractivity contribution in [3.63, 3.8) is 0 Å². The van der Waals surface area contributed by atoms with Gasteiger partial charge >= 0.3 is 0 Å². The molecular formula is C24H25N3O5S. The van der Waals surface area contributed by atoms with Crippen LogP contribution in [0.25, 0.3) is 0 Å². The number of ether oxygens (including phenoxy) is 1. The van der Waals surface area contributed by atoms with Crippen LogP contribution in [0.2, 0.25) is 0 Å². The Balaban J connectivity index is 1.57. The predicted molar refractivity (Wildman–Crippen MR) is 125 cm³/mol. The van der Waals surface area contributed by atoms with Crippen molar-refractivity contribution in [1.82, 2.24) is 4.83 Å². The summed E-state index contributed by atoms with van der Waals surface area (Å²) < 4.78 is 36.3. The number of amides is 1. The minimum atomic E-state index is -3.81. The standard InChI is InChI=1S/C24H25N3O5S/c1-15-7-13-19(14-8-15)33(29,30)27-26-20-5-4-6-21-22(20)16(2)23(32-21)24(28)25-17-9-11-18(31-3)12-10-17/h7-14,27H,4-6H2,1-3H3,(H,25,28)/b26-20+. The van der Waals surface area contributed by atoms with Gasteiger partial charge in [-0.15, -0.1) is 0 Å². The molecule has 3 aromatic rings. The number of hydrogen-bond acceptors (Lipinski definition) is 6. The zero-order chi connectivity index (χ0) is 23.6. The van der Waals surface area contributed by atoms with Crippen molar-refractivity contribution in [3.05, 3.63) is 76.7 Å². The number of benzene rings is 2. The van der Waals surface area contributed by atoms with Crippen LogP contribution < -0.4 is 14.9 Å². The average Bonchev–Trinajstić information content (AvgIpc) is 3.16. The Kier molecular flexibility index (Phi) is 6.24. The van der Waals surface area contributed by atoms with Crippen molar-refractivity contribution in [2.45, 2.75) is 38.0 Å². The fraction of sp³-hybridized carbons (Fsp3) is 0.250. The lowest BCUT2D eigenvalue weighted by Crippen LogP contribution is -2.22. The second-order valence-corrected chi connectivity index (χ2v) is 9.52. The molecule has 0 unspecified atom stereocenters. The SMILES string of the molecule is COc1ccc(NC(=O)c2oc3c(c2C)/C(=N/NS(=O)(=O)c2ccc(C)cc2)CCC3)cc1.